The summed E-state index contributed by atoms with van der Waals surface area (Å²) in [6.07, 6.45) is 0. The summed E-state index contributed by atoms with van der Waals surface area (Å²) in [5, 5.41) is 10.4. The smallest absolute Gasteiger partial charge is 0.308 e. The zero-order valence-electron chi connectivity index (χ0n) is 7.19. The number of nitrogens with zero attached hydrogens (tertiary/aromatic N) is 1. The maximum atomic E-state index is 10.6. The lowest BCUT2D eigenvalue weighted by atomic mass is 10.3. The molecule has 0 bridgehead atoms. The second-order valence-electron chi connectivity index (χ2n) is 2.47. The van der Waals surface area contributed by atoms with Crippen LogP contribution < -0.4 is 4.74 Å². The Kier molecular flexibility index (Phi) is 3.03. The van der Waals surface area contributed by atoms with E-state index < -0.39 is 10.9 Å². The number of nitro groups is 1. The summed E-state index contributed by atoms with van der Waals surface area (Å²) >= 11 is 5.64. The van der Waals surface area contributed by atoms with Crippen molar-refractivity contribution in [2.75, 3.05) is 0 Å². The minimum atomic E-state index is -0.580. The van der Waals surface area contributed by atoms with Gasteiger partial charge in [0.15, 0.2) is 0 Å². The van der Waals surface area contributed by atoms with E-state index in [0.717, 1.165) is 6.07 Å². The fraction of sp³-hybridized carbons (Fsp3) is 0.125. The predicted octanol–water partition coefficient (Wildman–Crippen LogP) is 2.17. The number of benzene rings is 1. The zero-order chi connectivity index (χ0) is 10.7. The molecule has 0 fully saturated rings. The molecule has 1 rings (SSSR count). The monoisotopic (exact) mass is 215 g/mol. The predicted molar refractivity (Wildman–Crippen MR) is 49.4 cm³/mol. The standard InChI is InChI=1S/C8H6ClNO4/c1-5(11)14-8-3-2-6(10(12)13)4-7(8)9/h2-4H,1H3. The van der Waals surface area contributed by atoms with Crippen LogP contribution in [0.15, 0.2) is 18.2 Å². The molecule has 0 radical (unpaired) electrons. The first-order chi connectivity index (χ1) is 6.50. The molecule has 0 aliphatic rings. The van der Waals surface area contributed by atoms with Crippen molar-refractivity contribution in [2.24, 2.45) is 0 Å². The van der Waals surface area contributed by atoms with Crippen LogP contribution in [-0.4, -0.2) is 10.9 Å². The number of halogens is 1. The molecule has 0 spiro atoms. The molecular weight excluding hydrogens is 210 g/mol. The van der Waals surface area contributed by atoms with E-state index in [1.54, 1.807) is 0 Å². The van der Waals surface area contributed by atoms with E-state index in [9.17, 15) is 14.9 Å². The van der Waals surface area contributed by atoms with Crippen LogP contribution in [0.5, 0.6) is 5.75 Å². The van der Waals surface area contributed by atoms with E-state index in [2.05, 4.69) is 4.74 Å². The number of rotatable bonds is 2. The first kappa shape index (κ1) is 10.5. The van der Waals surface area contributed by atoms with Crippen molar-refractivity contribution in [3.63, 3.8) is 0 Å². The van der Waals surface area contributed by atoms with Gasteiger partial charge in [-0.1, -0.05) is 11.6 Å². The Morgan fingerprint density at radius 3 is 2.64 bits per heavy atom. The van der Waals surface area contributed by atoms with Crippen molar-refractivity contribution < 1.29 is 14.5 Å². The number of hydrogen-bond donors (Lipinski definition) is 0. The average Bonchev–Trinajstić information content (AvgIpc) is 2.07. The second kappa shape index (κ2) is 4.06. The third-order valence-corrected chi connectivity index (χ3v) is 1.68. The first-order valence-electron chi connectivity index (χ1n) is 3.63. The summed E-state index contributed by atoms with van der Waals surface area (Å²) in [6, 6.07) is 3.62. The van der Waals surface area contributed by atoms with Crippen LogP contribution in [-0.2, 0) is 4.79 Å². The molecule has 0 amide bonds. The van der Waals surface area contributed by atoms with Gasteiger partial charge in [-0.25, -0.2) is 0 Å². The number of nitro benzene ring substituents is 1. The van der Waals surface area contributed by atoms with Crippen molar-refractivity contribution in [1.82, 2.24) is 0 Å². The molecule has 0 aliphatic heterocycles. The fourth-order valence-corrected chi connectivity index (χ4v) is 1.05. The molecule has 6 heteroatoms. The molecule has 0 aromatic heterocycles. The van der Waals surface area contributed by atoms with Crippen molar-refractivity contribution in [1.29, 1.82) is 0 Å². The lowest BCUT2D eigenvalue weighted by molar-refractivity contribution is -0.384. The van der Waals surface area contributed by atoms with Gasteiger partial charge < -0.3 is 4.74 Å². The van der Waals surface area contributed by atoms with Gasteiger partial charge in [-0.05, 0) is 6.07 Å². The number of carbonyl (C=O) groups excluding carboxylic acids is 1. The largest absolute Gasteiger partial charge is 0.425 e. The maximum Gasteiger partial charge on any atom is 0.308 e. The van der Waals surface area contributed by atoms with Gasteiger partial charge in [0.1, 0.15) is 5.75 Å². The topological polar surface area (TPSA) is 69.4 Å². The molecule has 74 valence electrons. The Hall–Kier alpha value is -1.62. The molecule has 0 N–H and O–H groups in total. The highest BCUT2D eigenvalue weighted by Crippen LogP contribution is 2.28. The lowest BCUT2D eigenvalue weighted by Crippen LogP contribution is -2.01. The van der Waals surface area contributed by atoms with Gasteiger partial charge in [0, 0.05) is 19.1 Å². The fourth-order valence-electron chi connectivity index (χ4n) is 0.841. The molecule has 0 saturated carbocycles. The molecule has 1 aromatic carbocycles. The van der Waals surface area contributed by atoms with Crippen molar-refractivity contribution in [3.05, 3.63) is 33.3 Å². The molecule has 0 aliphatic carbocycles. The minimum absolute atomic E-state index is 0.0365. The van der Waals surface area contributed by atoms with Gasteiger partial charge >= 0.3 is 5.97 Å². The molecule has 0 heterocycles. The Bertz CT molecular complexity index is 391. The summed E-state index contributed by atoms with van der Waals surface area (Å²) < 4.78 is 4.69. The molecule has 0 unspecified atom stereocenters. The van der Waals surface area contributed by atoms with Gasteiger partial charge in [0.25, 0.3) is 5.69 Å². The molecule has 5 nitrogen and oxygen atoms in total. The van der Waals surface area contributed by atoms with Crippen molar-refractivity contribution in [2.45, 2.75) is 6.92 Å². The number of esters is 1. The Morgan fingerprint density at radius 2 is 2.21 bits per heavy atom. The van der Waals surface area contributed by atoms with Crippen molar-refractivity contribution in [3.8, 4) is 5.75 Å². The van der Waals surface area contributed by atoms with Gasteiger partial charge in [0.2, 0.25) is 0 Å². The van der Waals surface area contributed by atoms with E-state index in [1.807, 2.05) is 0 Å². The Labute approximate surface area is 84.4 Å². The van der Waals surface area contributed by atoms with E-state index in [4.69, 9.17) is 11.6 Å². The molecule has 1 aromatic rings. The normalized spacial score (nSPS) is 9.57. The van der Waals surface area contributed by atoms with Crippen molar-refractivity contribution >= 4 is 23.3 Å². The Morgan fingerprint density at radius 1 is 1.57 bits per heavy atom. The van der Waals surface area contributed by atoms with Crippen LogP contribution in [0.2, 0.25) is 5.02 Å². The quantitative estimate of drug-likeness (QED) is 0.328. The van der Waals surface area contributed by atoms with Gasteiger partial charge in [0.05, 0.1) is 9.95 Å². The van der Waals surface area contributed by atoms with Crippen LogP contribution >= 0.6 is 11.6 Å². The molecule has 0 atom stereocenters. The number of non-ortho nitro benzene ring substituents is 1. The van der Waals surface area contributed by atoms with Crippen LogP contribution in [0, 0.1) is 10.1 Å². The van der Waals surface area contributed by atoms with Crippen LogP contribution in [0.25, 0.3) is 0 Å². The summed E-state index contributed by atoms with van der Waals surface area (Å²) in [5.41, 5.74) is -0.147. The summed E-state index contributed by atoms with van der Waals surface area (Å²) in [5.74, 6) is -0.412. The van der Waals surface area contributed by atoms with Gasteiger partial charge in [-0.3, -0.25) is 14.9 Å². The summed E-state index contributed by atoms with van der Waals surface area (Å²) in [4.78, 5) is 20.3. The van der Waals surface area contributed by atoms with E-state index in [-0.39, 0.29) is 16.5 Å². The average molecular weight is 216 g/mol. The van der Waals surface area contributed by atoms with Gasteiger partial charge in [-0.2, -0.15) is 0 Å². The number of carbonyl (C=O) groups is 1. The molecule has 0 saturated heterocycles. The van der Waals surface area contributed by atoms with Crippen LogP contribution in [0.3, 0.4) is 0 Å². The highest BCUT2D eigenvalue weighted by Gasteiger charge is 2.11. The van der Waals surface area contributed by atoms with Crippen LogP contribution in [0.1, 0.15) is 6.92 Å². The number of hydrogen-bond acceptors (Lipinski definition) is 4. The third-order valence-electron chi connectivity index (χ3n) is 1.38. The Balaban J connectivity index is 3.01. The van der Waals surface area contributed by atoms with E-state index in [0.29, 0.717) is 0 Å². The zero-order valence-corrected chi connectivity index (χ0v) is 7.95. The highest BCUT2D eigenvalue weighted by atomic mass is 35.5. The highest BCUT2D eigenvalue weighted by molar-refractivity contribution is 6.32. The summed E-state index contributed by atoms with van der Waals surface area (Å²) in [6.45, 7) is 1.22. The first-order valence-corrected chi connectivity index (χ1v) is 4.01. The molecular formula is C8H6ClNO4. The lowest BCUT2D eigenvalue weighted by Gasteiger charge is -2.02. The number of ether oxygens (including phenoxy) is 1. The maximum absolute atomic E-state index is 10.6. The van der Waals surface area contributed by atoms with Gasteiger partial charge in [-0.15, -0.1) is 0 Å². The van der Waals surface area contributed by atoms with E-state index in [1.165, 1.54) is 19.1 Å². The summed E-state index contributed by atoms with van der Waals surface area (Å²) in [7, 11) is 0. The third kappa shape index (κ3) is 2.43. The second-order valence-corrected chi connectivity index (χ2v) is 2.87. The molecule has 14 heavy (non-hydrogen) atoms. The van der Waals surface area contributed by atoms with E-state index >= 15 is 0 Å². The van der Waals surface area contributed by atoms with Crippen LogP contribution in [0.4, 0.5) is 5.69 Å². The minimum Gasteiger partial charge on any atom is -0.425 e. The SMILES string of the molecule is CC(=O)Oc1ccc([N+](=O)[O-])cc1Cl.